The van der Waals surface area contributed by atoms with E-state index in [0.717, 1.165) is 12.8 Å². The summed E-state index contributed by atoms with van der Waals surface area (Å²) >= 11 is 0. The molecule has 2 amide bonds. The molecule has 2 N–H and O–H groups in total. The number of fused-ring (bicyclic) bond motifs is 1. The lowest BCUT2D eigenvalue weighted by Crippen LogP contribution is -2.34. The number of likely N-dealkylation sites (tertiary alicyclic amines) is 1. The minimum atomic E-state index is -0.270. The van der Waals surface area contributed by atoms with Crippen LogP contribution in [0.4, 0.5) is 10.5 Å². The van der Waals surface area contributed by atoms with Crippen molar-refractivity contribution in [2.45, 2.75) is 25.9 Å². The molecule has 2 fully saturated rings. The maximum Gasteiger partial charge on any atom is 0.321 e. The zero-order chi connectivity index (χ0) is 15.0. The number of rotatable bonds is 2. The SMILES string of the molecule is CC(=O)c1cccc(NC(=O)N2CC3CCC(O)C3C2)c1. The molecule has 3 unspecified atom stereocenters. The molecule has 3 rings (SSSR count). The van der Waals surface area contributed by atoms with E-state index in [9.17, 15) is 14.7 Å². The summed E-state index contributed by atoms with van der Waals surface area (Å²) in [7, 11) is 0. The lowest BCUT2D eigenvalue weighted by atomic mass is 10.00. The van der Waals surface area contributed by atoms with E-state index in [1.54, 1.807) is 29.2 Å². The summed E-state index contributed by atoms with van der Waals surface area (Å²) in [4.78, 5) is 25.4. The van der Waals surface area contributed by atoms with E-state index in [0.29, 0.717) is 30.3 Å². The standard InChI is InChI=1S/C16H20N2O3/c1-10(19)11-3-2-4-13(7-11)17-16(21)18-8-12-5-6-15(20)14(12)9-18/h2-4,7,12,14-15,20H,5-6,8-9H2,1H3,(H,17,21). The maximum atomic E-state index is 12.3. The summed E-state index contributed by atoms with van der Waals surface area (Å²) in [6.07, 6.45) is 1.58. The van der Waals surface area contributed by atoms with Crippen LogP contribution in [-0.2, 0) is 0 Å². The molecular formula is C16H20N2O3. The van der Waals surface area contributed by atoms with Gasteiger partial charge >= 0.3 is 6.03 Å². The van der Waals surface area contributed by atoms with Gasteiger partial charge in [0, 0.05) is 30.3 Å². The molecule has 1 aromatic rings. The van der Waals surface area contributed by atoms with Gasteiger partial charge in [-0.05, 0) is 37.8 Å². The Bertz CT molecular complexity index is 572. The largest absolute Gasteiger partial charge is 0.393 e. The van der Waals surface area contributed by atoms with Crippen molar-refractivity contribution in [2.75, 3.05) is 18.4 Å². The van der Waals surface area contributed by atoms with Gasteiger partial charge in [0.1, 0.15) is 0 Å². The van der Waals surface area contributed by atoms with Crippen molar-refractivity contribution in [3.8, 4) is 0 Å². The molecule has 5 nitrogen and oxygen atoms in total. The quantitative estimate of drug-likeness (QED) is 0.819. The Balaban J connectivity index is 1.65. The second kappa shape index (κ2) is 5.48. The van der Waals surface area contributed by atoms with E-state index in [-0.39, 0.29) is 23.8 Å². The second-order valence-electron chi connectivity index (χ2n) is 6.04. The van der Waals surface area contributed by atoms with E-state index in [2.05, 4.69) is 5.32 Å². The van der Waals surface area contributed by atoms with Crippen LogP contribution in [0.2, 0.25) is 0 Å². The van der Waals surface area contributed by atoms with Gasteiger partial charge in [0.2, 0.25) is 0 Å². The highest BCUT2D eigenvalue weighted by atomic mass is 16.3. The fourth-order valence-corrected chi connectivity index (χ4v) is 3.42. The van der Waals surface area contributed by atoms with Crippen LogP contribution in [-0.4, -0.2) is 41.0 Å². The Kier molecular flexibility index (Phi) is 3.68. The van der Waals surface area contributed by atoms with Crippen molar-refractivity contribution in [1.82, 2.24) is 4.90 Å². The zero-order valence-corrected chi connectivity index (χ0v) is 12.1. The molecule has 1 aromatic carbocycles. The average Bonchev–Trinajstić information content (AvgIpc) is 3.02. The molecule has 3 atom stereocenters. The summed E-state index contributed by atoms with van der Waals surface area (Å²) in [6, 6.07) is 6.79. The number of nitrogens with one attached hydrogen (secondary N) is 1. The third-order valence-corrected chi connectivity index (χ3v) is 4.63. The fourth-order valence-electron chi connectivity index (χ4n) is 3.42. The number of carbonyl (C=O) groups excluding carboxylic acids is 2. The summed E-state index contributed by atoms with van der Waals surface area (Å²) in [6.45, 7) is 2.83. The monoisotopic (exact) mass is 288 g/mol. The van der Waals surface area contributed by atoms with Crippen LogP contribution in [0.15, 0.2) is 24.3 Å². The van der Waals surface area contributed by atoms with Crippen LogP contribution >= 0.6 is 0 Å². The van der Waals surface area contributed by atoms with Crippen molar-refractivity contribution in [3.63, 3.8) is 0 Å². The van der Waals surface area contributed by atoms with Gasteiger partial charge in [-0.1, -0.05) is 12.1 Å². The van der Waals surface area contributed by atoms with Crippen molar-refractivity contribution in [2.24, 2.45) is 11.8 Å². The van der Waals surface area contributed by atoms with Gasteiger partial charge in [-0.25, -0.2) is 4.79 Å². The van der Waals surface area contributed by atoms with Gasteiger partial charge < -0.3 is 15.3 Å². The molecule has 1 aliphatic heterocycles. The van der Waals surface area contributed by atoms with Gasteiger partial charge in [0.15, 0.2) is 5.78 Å². The number of urea groups is 1. The number of hydrogen-bond acceptors (Lipinski definition) is 3. The molecule has 1 saturated carbocycles. The second-order valence-corrected chi connectivity index (χ2v) is 6.04. The number of aliphatic hydroxyl groups is 1. The first-order chi connectivity index (χ1) is 10.0. The van der Waals surface area contributed by atoms with Gasteiger partial charge in [-0.2, -0.15) is 0 Å². The number of hydrogen-bond donors (Lipinski definition) is 2. The number of anilines is 1. The van der Waals surface area contributed by atoms with E-state index in [1.165, 1.54) is 6.92 Å². The Labute approximate surface area is 123 Å². The van der Waals surface area contributed by atoms with E-state index in [4.69, 9.17) is 0 Å². The number of benzene rings is 1. The van der Waals surface area contributed by atoms with Crippen LogP contribution < -0.4 is 5.32 Å². The highest BCUT2D eigenvalue weighted by Crippen LogP contribution is 2.38. The first-order valence-electron chi connectivity index (χ1n) is 7.39. The normalized spacial score (nSPS) is 27.5. The van der Waals surface area contributed by atoms with Crippen LogP contribution in [0.25, 0.3) is 0 Å². The van der Waals surface area contributed by atoms with Gasteiger partial charge in [0.25, 0.3) is 0 Å². The van der Waals surface area contributed by atoms with Crippen molar-refractivity contribution < 1.29 is 14.7 Å². The first kappa shape index (κ1) is 14.1. The minimum Gasteiger partial charge on any atom is -0.393 e. The van der Waals surface area contributed by atoms with Crippen molar-refractivity contribution in [1.29, 1.82) is 0 Å². The highest BCUT2D eigenvalue weighted by Gasteiger charge is 2.43. The minimum absolute atomic E-state index is 0.0232. The van der Waals surface area contributed by atoms with Gasteiger partial charge in [-0.3, -0.25) is 4.79 Å². The van der Waals surface area contributed by atoms with E-state index in [1.807, 2.05) is 0 Å². The molecule has 0 radical (unpaired) electrons. The van der Waals surface area contributed by atoms with Crippen LogP contribution in [0.3, 0.4) is 0 Å². The Morgan fingerprint density at radius 2 is 2.10 bits per heavy atom. The molecule has 0 spiro atoms. The molecule has 1 aliphatic carbocycles. The molecule has 112 valence electrons. The number of aliphatic hydroxyl groups excluding tert-OH is 1. The summed E-state index contributed by atoms with van der Waals surface area (Å²) in [5, 5.41) is 12.7. The summed E-state index contributed by atoms with van der Waals surface area (Å²) < 4.78 is 0. The van der Waals surface area contributed by atoms with Crippen LogP contribution in [0.5, 0.6) is 0 Å². The Hall–Kier alpha value is -1.88. The van der Waals surface area contributed by atoms with Gasteiger partial charge in [0.05, 0.1) is 6.10 Å². The molecule has 21 heavy (non-hydrogen) atoms. The maximum absolute atomic E-state index is 12.3. The molecule has 0 bridgehead atoms. The predicted molar refractivity (Wildman–Crippen MR) is 79.3 cm³/mol. The number of ketones is 1. The first-order valence-corrected chi connectivity index (χ1v) is 7.39. The molecule has 5 heteroatoms. The number of carbonyl (C=O) groups is 2. The van der Waals surface area contributed by atoms with E-state index < -0.39 is 0 Å². The molecule has 0 aromatic heterocycles. The number of nitrogens with zero attached hydrogens (tertiary/aromatic N) is 1. The number of Topliss-reactive ketones (excluding diaryl/α,β-unsaturated/α-hetero) is 1. The average molecular weight is 288 g/mol. The van der Waals surface area contributed by atoms with Crippen molar-refractivity contribution in [3.05, 3.63) is 29.8 Å². The van der Waals surface area contributed by atoms with Crippen LogP contribution in [0.1, 0.15) is 30.1 Å². The molecule has 2 aliphatic rings. The van der Waals surface area contributed by atoms with Crippen LogP contribution in [0, 0.1) is 11.8 Å². The lowest BCUT2D eigenvalue weighted by molar-refractivity contribution is 0.101. The molecular weight excluding hydrogens is 268 g/mol. The Morgan fingerprint density at radius 1 is 1.29 bits per heavy atom. The number of amides is 2. The fraction of sp³-hybridized carbons (Fsp3) is 0.500. The van der Waals surface area contributed by atoms with E-state index >= 15 is 0 Å². The predicted octanol–water partition coefficient (Wildman–Crippen LogP) is 2.12. The third kappa shape index (κ3) is 2.78. The molecule has 1 heterocycles. The van der Waals surface area contributed by atoms with Gasteiger partial charge in [-0.15, -0.1) is 0 Å². The summed E-state index contributed by atoms with van der Waals surface area (Å²) in [5.74, 6) is 0.624. The van der Waals surface area contributed by atoms with Crippen molar-refractivity contribution >= 4 is 17.5 Å². The Morgan fingerprint density at radius 3 is 2.81 bits per heavy atom. The lowest BCUT2D eigenvalue weighted by Gasteiger charge is -2.19. The topological polar surface area (TPSA) is 69.6 Å². The summed E-state index contributed by atoms with van der Waals surface area (Å²) in [5.41, 5.74) is 1.21. The highest BCUT2D eigenvalue weighted by molar-refractivity contribution is 5.96. The smallest absolute Gasteiger partial charge is 0.321 e. The zero-order valence-electron chi connectivity index (χ0n) is 12.1. The molecule has 1 saturated heterocycles. The third-order valence-electron chi connectivity index (χ3n) is 4.63.